The number of rotatable bonds is 28. The lowest BCUT2D eigenvalue weighted by molar-refractivity contribution is 0.226. The second-order valence-corrected chi connectivity index (χ2v) is 35.7. The van der Waals surface area contributed by atoms with Gasteiger partial charge in [0.2, 0.25) is 23.5 Å². The third-order valence-electron chi connectivity index (χ3n) is 26.2. The van der Waals surface area contributed by atoms with Crippen LogP contribution in [0.2, 0.25) is 0 Å². The summed E-state index contributed by atoms with van der Waals surface area (Å²) in [6, 6.07) is 117. The molecule has 0 aliphatic carbocycles. The Bertz CT molecular complexity index is 8220. The minimum absolute atomic E-state index is 0.143. The van der Waals surface area contributed by atoms with Crippen molar-refractivity contribution in [3.8, 4) is 137 Å². The monoisotopic (exact) mass is 1840 g/mol. The van der Waals surface area contributed by atoms with Gasteiger partial charge >= 0.3 is 0 Å². The van der Waals surface area contributed by atoms with Gasteiger partial charge in [-0.25, -0.2) is 19.9 Å². The van der Waals surface area contributed by atoms with Crippen LogP contribution in [0.1, 0.15) is 106 Å². The standard InChI is InChI=1S/C36H34N2O2.C32H32N2O2.C29H22N2O2.C27H22N2O2/c1-3-5-12-24(4-2)23-40-35-22-33(37-36(38-35)30-17-10-11-18-34(30)39)32-21-31-26-14-7-6-13-25(26)19-20-29(31)27-15-8-9-16-28(27)32;1-3-5-10-22(4-2)21-36-31-20-29(33-32(34-31)28-13-8-9-14-30(28)35)26-16-15-25-17-23-11-6-7-12-24(23)18-27(25)19-26;1-2-16-33-26-17-24(30-29(31-26)23-8-3-4-9-25(23)32)21-14-12-20-11-10-18-6-5-7-19-13-15-22(21)28(20)27(18)19;1-2-15-31-26-17-24(28-27(29-26)22-13-7-8-14-25(22)30)23-16-18-9-3-4-10-19(18)20-11-5-6-12-21(20)23/h6-11,13-22,24,39H,3-5,12,23H2,1-2H3;6-9,11-20,22,35H,3-5,10,21H2,1-2H3;3-15,17,32H,2,16H2,1H3;3-14,16-17,30H,2,15H2,1H3. The van der Waals surface area contributed by atoms with Crippen LogP contribution in [0, 0.1) is 11.8 Å². The number of phenols is 4. The quantitative estimate of drug-likeness (QED) is 0.0264. The molecule has 18 aromatic carbocycles. The lowest BCUT2D eigenvalue weighted by Gasteiger charge is -2.17. The molecular formula is C124H110N8O8. The zero-order valence-electron chi connectivity index (χ0n) is 79.5. The average Bonchev–Trinajstić information content (AvgIpc) is 0.736. The van der Waals surface area contributed by atoms with Gasteiger partial charge < -0.3 is 39.4 Å². The number of para-hydroxylation sites is 4. The Morgan fingerprint density at radius 1 is 0.221 bits per heavy atom. The van der Waals surface area contributed by atoms with Crippen LogP contribution in [0.25, 0.3) is 198 Å². The number of phenolic OH excluding ortho intramolecular Hbond substituents is 4. The summed E-state index contributed by atoms with van der Waals surface area (Å²) in [6.45, 7) is 15.3. The molecule has 0 radical (unpaired) electrons. The maximum atomic E-state index is 10.7. The van der Waals surface area contributed by atoms with Gasteiger partial charge in [-0.1, -0.05) is 329 Å². The van der Waals surface area contributed by atoms with Crippen LogP contribution in [0.15, 0.2) is 352 Å². The highest BCUT2D eigenvalue weighted by molar-refractivity contribution is 6.26. The molecule has 4 N–H and O–H groups in total. The van der Waals surface area contributed by atoms with Gasteiger partial charge in [-0.3, -0.25) is 0 Å². The topological polar surface area (TPSA) is 221 Å². The van der Waals surface area contributed by atoms with Crippen molar-refractivity contribution in [3.63, 3.8) is 0 Å². The fourth-order valence-corrected chi connectivity index (χ4v) is 18.7. The van der Waals surface area contributed by atoms with Gasteiger partial charge in [0.05, 0.1) is 71.5 Å². The number of nitrogens with zero attached hydrogens (tertiary/aromatic N) is 8. The first-order valence-electron chi connectivity index (χ1n) is 48.8. The van der Waals surface area contributed by atoms with E-state index >= 15 is 0 Å². The Kier molecular flexibility index (Phi) is 28.3. The highest BCUT2D eigenvalue weighted by Gasteiger charge is 2.24. The van der Waals surface area contributed by atoms with Crippen LogP contribution >= 0.6 is 0 Å². The molecule has 0 aliphatic rings. The van der Waals surface area contributed by atoms with E-state index in [1.165, 1.54) is 106 Å². The molecule has 4 heterocycles. The Morgan fingerprint density at radius 2 is 0.564 bits per heavy atom. The van der Waals surface area contributed by atoms with Crippen LogP contribution in [0.4, 0.5) is 0 Å². The van der Waals surface area contributed by atoms with Crippen molar-refractivity contribution in [2.45, 2.75) is 106 Å². The first-order valence-corrected chi connectivity index (χ1v) is 48.8. The SMILES string of the molecule is CCCCC(CC)COc1cc(-c2cc3c4ccccc4ccc3c3ccccc23)nc(-c2ccccc2O)n1.CCCCC(CC)COc1cc(-c2ccc3cc4ccccc4cc3c2)nc(-c2ccccc2O)n1.CCCOc1cc(-c2cc3ccccc3c3ccccc23)nc(-c2ccccc2O)n1.CCCOc1cc(-c2ccc3ccc4cccc5ccc2c3c45)nc(-c2ccccc2O)n1. The van der Waals surface area contributed by atoms with E-state index < -0.39 is 0 Å². The fraction of sp³-hybridized carbons (Fsp3) is 0.177. The summed E-state index contributed by atoms with van der Waals surface area (Å²) in [5, 5.41) is 65.8. The zero-order valence-corrected chi connectivity index (χ0v) is 79.5. The van der Waals surface area contributed by atoms with E-state index in [2.05, 4.69) is 275 Å². The van der Waals surface area contributed by atoms with Crippen molar-refractivity contribution in [2.24, 2.45) is 11.8 Å². The van der Waals surface area contributed by atoms with Gasteiger partial charge in [-0.05, 0) is 224 Å². The molecule has 0 spiro atoms. The van der Waals surface area contributed by atoms with E-state index in [1.54, 1.807) is 42.5 Å². The molecule has 0 aliphatic heterocycles. The maximum Gasteiger partial charge on any atom is 0.217 e. The number of benzene rings is 18. The highest BCUT2D eigenvalue weighted by atomic mass is 16.5. The van der Waals surface area contributed by atoms with E-state index in [0.29, 0.717) is 107 Å². The molecule has 0 saturated heterocycles. The second kappa shape index (κ2) is 42.8. The summed E-state index contributed by atoms with van der Waals surface area (Å²) < 4.78 is 24.4. The molecule has 0 amide bonds. The molecule has 140 heavy (non-hydrogen) atoms. The number of fused-ring (bicyclic) bond motifs is 10. The van der Waals surface area contributed by atoms with Crippen LogP contribution in [0.3, 0.4) is 0 Å². The smallest absolute Gasteiger partial charge is 0.217 e. The average molecular weight is 1840 g/mol. The predicted molar refractivity (Wildman–Crippen MR) is 574 cm³/mol. The van der Waals surface area contributed by atoms with Crippen molar-refractivity contribution in [1.82, 2.24) is 39.9 Å². The Balaban J connectivity index is 0.000000119. The van der Waals surface area contributed by atoms with E-state index in [-0.39, 0.29) is 23.0 Å². The molecule has 0 saturated carbocycles. The number of hydrogen-bond donors (Lipinski definition) is 4. The minimum atomic E-state index is 0.143. The number of unbranched alkanes of at least 4 members (excludes halogenated alkanes) is 2. The molecule has 22 aromatic rings. The largest absolute Gasteiger partial charge is 0.507 e. The van der Waals surface area contributed by atoms with Gasteiger partial charge in [0.25, 0.3) is 0 Å². The molecule has 4 aromatic heterocycles. The first kappa shape index (κ1) is 92.6. The van der Waals surface area contributed by atoms with Gasteiger partial charge in [-0.15, -0.1) is 0 Å². The second-order valence-electron chi connectivity index (χ2n) is 35.7. The van der Waals surface area contributed by atoms with E-state index in [0.717, 1.165) is 110 Å². The first-order chi connectivity index (χ1) is 68.8. The summed E-state index contributed by atoms with van der Waals surface area (Å²) in [6.07, 6.45) is 10.9. The maximum absolute atomic E-state index is 10.7. The summed E-state index contributed by atoms with van der Waals surface area (Å²) in [5.41, 5.74) is 9.45. The molecule has 2 unspecified atom stereocenters. The molecule has 0 fully saturated rings. The van der Waals surface area contributed by atoms with Gasteiger partial charge in [0.1, 0.15) is 23.0 Å². The van der Waals surface area contributed by atoms with Crippen molar-refractivity contribution >= 4 is 108 Å². The summed E-state index contributed by atoms with van der Waals surface area (Å²) >= 11 is 0. The molecule has 694 valence electrons. The van der Waals surface area contributed by atoms with E-state index in [9.17, 15) is 20.4 Å². The van der Waals surface area contributed by atoms with Gasteiger partial charge in [0.15, 0.2) is 23.3 Å². The Morgan fingerprint density at radius 3 is 1.05 bits per heavy atom. The lowest BCUT2D eigenvalue weighted by Crippen LogP contribution is -2.12. The Hall–Kier alpha value is -16.5. The van der Waals surface area contributed by atoms with Crippen LogP contribution in [-0.4, -0.2) is 86.7 Å². The third-order valence-corrected chi connectivity index (χ3v) is 26.2. The molecule has 0 bridgehead atoms. The van der Waals surface area contributed by atoms with Crippen LogP contribution < -0.4 is 18.9 Å². The minimum Gasteiger partial charge on any atom is -0.507 e. The number of aromatic nitrogens is 8. The van der Waals surface area contributed by atoms with Crippen LogP contribution in [-0.2, 0) is 0 Å². The molecule has 16 heteroatoms. The van der Waals surface area contributed by atoms with Gasteiger partial charge in [-0.2, -0.15) is 19.9 Å². The zero-order chi connectivity index (χ0) is 96.0. The van der Waals surface area contributed by atoms with E-state index in [4.69, 9.17) is 43.9 Å². The normalized spacial score (nSPS) is 11.8. The van der Waals surface area contributed by atoms with Crippen molar-refractivity contribution in [3.05, 3.63) is 352 Å². The highest BCUT2D eigenvalue weighted by Crippen LogP contribution is 2.45. The predicted octanol–water partition coefficient (Wildman–Crippen LogP) is 31.8. The van der Waals surface area contributed by atoms with Crippen molar-refractivity contribution < 1.29 is 39.4 Å². The van der Waals surface area contributed by atoms with Crippen molar-refractivity contribution in [1.29, 1.82) is 0 Å². The summed E-state index contributed by atoms with van der Waals surface area (Å²) in [4.78, 5) is 38.2. The number of hydrogen-bond acceptors (Lipinski definition) is 16. The summed E-state index contributed by atoms with van der Waals surface area (Å²) in [5.74, 6) is 5.42. The number of ether oxygens (including phenoxy) is 4. The van der Waals surface area contributed by atoms with Crippen molar-refractivity contribution in [2.75, 3.05) is 26.4 Å². The lowest BCUT2D eigenvalue weighted by atomic mass is 9.91. The summed E-state index contributed by atoms with van der Waals surface area (Å²) in [7, 11) is 0. The third kappa shape index (κ3) is 20.2. The molecular weight excluding hydrogens is 1730 g/mol. The molecule has 22 rings (SSSR count). The molecule has 16 nitrogen and oxygen atoms in total. The van der Waals surface area contributed by atoms with Crippen LogP contribution in [0.5, 0.6) is 46.5 Å². The Labute approximate surface area is 814 Å². The fourth-order valence-electron chi connectivity index (χ4n) is 18.7. The molecule has 2 atom stereocenters. The van der Waals surface area contributed by atoms with E-state index in [1.807, 2.05) is 91.0 Å². The number of aromatic hydroxyl groups is 4. The van der Waals surface area contributed by atoms with Gasteiger partial charge in [0, 0.05) is 46.5 Å².